The van der Waals surface area contributed by atoms with Gasteiger partial charge in [0.05, 0.1) is 0 Å². The molecule has 0 saturated heterocycles. The number of ether oxygens (including phenoxy) is 2. The standard InChI is InChI=1S/C19H22N2O4/c1-2-3-13-20-19(23)21-18(22)14-24-15-9-11-17(12-10-15)25-16-7-5-4-6-8-16/h4-12H,2-3,13-14H2,1H3,(H2,20,21,22,23). The minimum atomic E-state index is -0.506. The van der Waals surface area contributed by atoms with E-state index in [1.165, 1.54) is 0 Å². The molecular formula is C19H22N2O4. The number of rotatable bonds is 8. The summed E-state index contributed by atoms with van der Waals surface area (Å²) in [6.07, 6.45) is 1.84. The van der Waals surface area contributed by atoms with Gasteiger partial charge in [-0.3, -0.25) is 10.1 Å². The van der Waals surface area contributed by atoms with Crippen molar-refractivity contribution in [2.24, 2.45) is 0 Å². The molecule has 25 heavy (non-hydrogen) atoms. The van der Waals surface area contributed by atoms with Crippen LogP contribution < -0.4 is 20.1 Å². The van der Waals surface area contributed by atoms with Crippen LogP contribution in [-0.2, 0) is 4.79 Å². The van der Waals surface area contributed by atoms with Crippen LogP contribution in [0.2, 0.25) is 0 Å². The van der Waals surface area contributed by atoms with Gasteiger partial charge in [0.15, 0.2) is 6.61 Å². The molecule has 0 aliphatic rings. The van der Waals surface area contributed by atoms with Crippen LogP contribution in [0.25, 0.3) is 0 Å². The highest BCUT2D eigenvalue weighted by atomic mass is 16.5. The summed E-state index contributed by atoms with van der Waals surface area (Å²) >= 11 is 0. The fourth-order valence-corrected chi connectivity index (χ4v) is 1.96. The lowest BCUT2D eigenvalue weighted by Gasteiger charge is -2.09. The Morgan fingerprint density at radius 2 is 1.56 bits per heavy atom. The smallest absolute Gasteiger partial charge is 0.321 e. The summed E-state index contributed by atoms with van der Waals surface area (Å²) in [5.41, 5.74) is 0. The van der Waals surface area contributed by atoms with E-state index >= 15 is 0 Å². The summed E-state index contributed by atoms with van der Waals surface area (Å²) < 4.78 is 11.0. The molecule has 0 aromatic heterocycles. The first-order valence-electron chi connectivity index (χ1n) is 8.21. The predicted molar refractivity (Wildman–Crippen MR) is 94.9 cm³/mol. The second-order valence-electron chi connectivity index (χ2n) is 5.33. The van der Waals surface area contributed by atoms with Gasteiger partial charge < -0.3 is 14.8 Å². The number of benzene rings is 2. The fraction of sp³-hybridized carbons (Fsp3) is 0.263. The first-order valence-corrected chi connectivity index (χ1v) is 8.21. The number of carbonyl (C=O) groups excluding carboxylic acids is 2. The zero-order chi connectivity index (χ0) is 17.9. The molecular weight excluding hydrogens is 320 g/mol. The average Bonchev–Trinajstić information content (AvgIpc) is 2.62. The molecule has 0 aliphatic carbocycles. The summed E-state index contributed by atoms with van der Waals surface area (Å²) in [5, 5.41) is 4.81. The SMILES string of the molecule is CCCCNC(=O)NC(=O)COc1ccc(Oc2ccccc2)cc1. The van der Waals surface area contributed by atoms with Crippen LogP contribution in [0.1, 0.15) is 19.8 Å². The van der Waals surface area contributed by atoms with Gasteiger partial charge in [-0.25, -0.2) is 4.79 Å². The van der Waals surface area contributed by atoms with Crippen LogP contribution in [0, 0.1) is 0 Å². The number of carbonyl (C=O) groups is 2. The van der Waals surface area contributed by atoms with Gasteiger partial charge in [0.2, 0.25) is 0 Å². The highest BCUT2D eigenvalue weighted by molar-refractivity contribution is 5.94. The quantitative estimate of drug-likeness (QED) is 0.720. The van der Waals surface area contributed by atoms with Crippen molar-refractivity contribution < 1.29 is 19.1 Å². The Hall–Kier alpha value is -3.02. The van der Waals surface area contributed by atoms with Crippen molar-refractivity contribution in [1.29, 1.82) is 0 Å². The number of para-hydroxylation sites is 1. The summed E-state index contributed by atoms with van der Waals surface area (Å²) in [4.78, 5) is 23.1. The molecule has 0 fully saturated rings. The number of amides is 3. The first-order chi connectivity index (χ1) is 12.2. The van der Waals surface area contributed by atoms with Crippen LogP contribution in [0.15, 0.2) is 54.6 Å². The van der Waals surface area contributed by atoms with E-state index in [0.29, 0.717) is 18.0 Å². The van der Waals surface area contributed by atoms with Crippen molar-refractivity contribution in [3.8, 4) is 17.2 Å². The minimum absolute atomic E-state index is 0.236. The molecule has 0 atom stereocenters. The molecule has 2 aromatic carbocycles. The Labute approximate surface area is 147 Å². The van der Waals surface area contributed by atoms with E-state index in [2.05, 4.69) is 10.6 Å². The Morgan fingerprint density at radius 3 is 2.24 bits per heavy atom. The molecule has 132 valence electrons. The molecule has 2 aromatic rings. The molecule has 0 spiro atoms. The third-order valence-electron chi connectivity index (χ3n) is 3.24. The van der Waals surface area contributed by atoms with E-state index in [4.69, 9.17) is 9.47 Å². The van der Waals surface area contributed by atoms with E-state index < -0.39 is 11.9 Å². The van der Waals surface area contributed by atoms with Crippen molar-refractivity contribution in [1.82, 2.24) is 10.6 Å². The second kappa shape index (κ2) is 9.97. The zero-order valence-electron chi connectivity index (χ0n) is 14.2. The summed E-state index contributed by atoms with van der Waals surface area (Å²) in [6.45, 7) is 2.33. The van der Waals surface area contributed by atoms with Crippen LogP contribution in [-0.4, -0.2) is 25.1 Å². The van der Waals surface area contributed by atoms with E-state index in [0.717, 1.165) is 18.6 Å². The van der Waals surface area contributed by atoms with Gasteiger partial charge in [0.25, 0.3) is 5.91 Å². The zero-order valence-corrected chi connectivity index (χ0v) is 14.2. The summed E-state index contributed by atoms with van der Waals surface area (Å²) in [5.74, 6) is 1.42. The van der Waals surface area contributed by atoms with Crippen LogP contribution in [0.5, 0.6) is 17.2 Å². The molecule has 6 heteroatoms. The van der Waals surface area contributed by atoms with E-state index in [9.17, 15) is 9.59 Å². The van der Waals surface area contributed by atoms with E-state index in [1.54, 1.807) is 24.3 Å². The number of unbranched alkanes of at least 4 members (excludes halogenated alkanes) is 1. The topological polar surface area (TPSA) is 76.7 Å². The third-order valence-corrected chi connectivity index (χ3v) is 3.24. The largest absolute Gasteiger partial charge is 0.484 e. The van der Waals surface area contributed by atoms with Crippen molar-refractivity contribution in [2.75, 3.05) is 13.2 Å². The molecule has 0 saturated carbocycles. The molecule has 6 nitrogen and oxygen atoms in total. The number of hydrogen-bond acceptors (Lipinski definition) is 4. The maximum Gasteiger partial charge on any atom is 0.321 e. The van der Waals surface area contributed by atoms with Crippen LogP contribution in [0.3, 0.4) is 0 Å². The highest BCUT2D eigenvalue weighted by Gasteiger charge is 2.08. The monoisotopic (exact) mass is 342 g/mol. The van der Waals surface area contributed by atoms with Gasteiger partial charge in [0.1, 0.15) is 17.2 Å². The maximum atomic E-state index is 11.6. The van der Waals surface area contributed by atoms with E-state index in [-0.39, 0.29) is 6.61 Å². The lowest BCUT2D eigenvalue weighted by molar-refractivity contribution is -0.122. The Balaban J connectivity index is 1.73. The third kappa shape index (κ3) is 6.95. The Morgan fingerprint density at radius 1 is 0.920 bits per heavy atom. The first kappa shape index (κ1) is 18.3. The lowest BCUT2D eigenvalue weighted by atomic mass is 10.3. The number of imide groups is 1. The van der Waals surface area contributed by atoms with Gasteiger partial charge in [-0.2, -0.15) is 0 Å². The predicted octanol–water partition coefficient (Wildman–Crippen LogP) is 3.48. The summed E-state index contributed by atoms with van der Waals surface area (Å²) in [7, 11) is 0. The van der Waals surface area contributed by atoms with Crippen LogP contribution in [0.4, 0.5) is 4.79 Å². The molecule has 2 N–H and O–H groups in total. The highest BCUT2D eigenvalue weighted by Crippen LogP contribution is 2.23. The molecule has 0 aliphatic heterocycles. The molecule has 0 radical (unpaired) electrons. The minimum Gasteiger partial charge on any atom is -0.484 e. The van der Waals surface area contributed by atoms with Crippen molar-refractivity contribution >= 4 is 11.9 Å². The lowest BCUT2D eigenvalue weighted by Crippen LogP contribution is -2.41. The van der Waals surface area contributed by atoms with Gasteiger partial charge in [-0.1, -0.05) is 31.5 Å². The number of urea groups is 1. The van der Waals surface area contributed by atoms with Gasteiger partial charge in [-0.15, -0.1) is 0 Å². The number of hydrogen-bond donors (Lipinski definition) is 2. The second-order valence-corrected chi connectivity index (χ2v) is 5.33. The molecule has 3 amide bonds. The average molecular weight is 342 g/mol. The Bertz CT molecular complexity index is 672. The summed E-state index contributed by atoms with van der Waals surface area (Å²) in [6, 6.07) is 15.8. The normalized spacial score (nSPS) is 9.96. The van der Waals surface area contributed by atoms with Crippen molar-refractivity contribution in [2.45, 2.75) is 19.8 Å². The molecule has 0 unspecified atom stereocenters. The number of nitrogens with one attached hydrogen (secondary N) is 2. The van der Waals surface area contributed by atoms with Gasteiger partial charge in [-0.05, 0) is 42.8 Å². The molecule has 0 heterocycles. The Kier molecular flexibility index (Phi) is 7.31. The van der Waals surface area contributed by atoms with E-state index in [1.807, 2.05) is 37.3 Å². The van der Waals surface area contributed by atoms with Crippen molar-refractivity contribution in [3.63, 3.8) is 0 Å². The van der Waals surface area contributed by atoms with Gasteiger partial charge >= 0.3 is 6.03 Å². The molecule has 0 bridgehead atoms. The van der Waals surface area contributed by atoms with Gasteiger partial charge in [0, 0.05) is 6.54 Å². The maximum absolute atomic E-state index is 11.6. The fourth-order valence-electron chi connectivity index (χ4n) is 1.96. The van der Waals surface area contributed by atoms with Crippen LogP contribution >= 0.6 is 0 Å². The molecule has 2 rings (SSSR count). The van der Waals surface area contributed by atoms with Crippen molar-refractivity contribution in [3.05, 3.63) is 54.6 Å².